The van der Waals surface area contributed by atoms with E-state index in [1.165, 1.54) is 6.26 Å². The summed E-state index contributed by atoms with van der Waals surface area (Å²) in [7, 11) is 0. The summed E-state index contributed by atoms with van der Waals surface area (Å²) in [6, 6.07) is 10.2. The lowest BCUT2D eigenvalue weighted by Crippen LogP contribution is -2.12. The van der Waals surface area contributed by atoms with Crippen LogP contribution in [0, 0.1) is 0 Å². The van der Waals surface area contributed by atoms with E-state index >= 15 is 0 Å². The number of aromatic nitrogens is 2. The number of hydrogen-bond acceptors (Lipinski definition) is 6. The number of anilines is 1. The van der Waals surface area contributed by atoms with Gasteiger partial charge in [0, 0.05) is 5.56 Å². The van der Waals surface area contributed by atoms with Crippen LogP contribution in [0.4, 0.5) is 6.01 Å². The number of carbonyl (C=O) groups is 1. The van der Waals surface area contributed by atoms with Crippen molar-refractivity contribution in [3.8, 4) is 17.4 Å². The zero-order chi connectivity index (χ0) is 16.2. The Bertz CT molecular complexity index is 776. The predicted octanol–water partition coefficient (Wildman–Crippen LogP) is 3.37. The second kappa shape index (κ2) is 6.35. The summed E-state index contributed by atoms with van der Waals surface area (Å²) >= 11 is 0. The first-order valence-electron chi connectivity index (χ1n) is 7.07. The van der Waals surface area contributed by atoms with Gasteiger partial charge in [-0.1, -0.05) is 5.10 Å². The van der Waals surface area contributed by atoms with Crippen molar-refractivity contribution in [3.63, 3.8) is 0 Å². The topological polar surface area (TPSA) is 90.4 Å². The summed E-state index contributed by atoms with van der Waals surface area (Å²) in [6.45, 7) is 3.87. The zero-order valence-corrected chi connectivity index (χ0v) is 12.6. The Morgan fingerprint density at radius 2 is 1.96 bits per heavy atom. The highest BCUT2D eigenvalue weighted by molar-refractivity contribution is 6.03. The second-order valence-electron chi connectivity index (χ2n) is 5.03. The third-order valence-corrected chi connectivity index (χ3v) is 2.87. The highest BCUT2D eigenvalue weighted by atomic mass is 16.5. The molecule has 0 fully saturated rings. The Kier molecular flexibility index (Phi) is 4.09. The standard InChI is InChI=1S/C16H15N3O4/c1-10(2)22-12-7-5-11(6-8-12)14(20)17-16-19-18-15(23-16)13-4-3-9-21-13/h3-10H,1-2H3,(H,17,19,20). The molecule has 2 heterocycles. The maximum absolute atomic E-state index is 12.1. The minimum absolute atomic E-state index is 0.00362. The Balaban J connectivity index is 1.67. The molecule has 0 atom stereocenters. The second-order valence-corrected chi connectivity index (χ2v) is 5.03. The Labute approximate surface area is 132 Å². The van der Waals surface area contributed by atoms with E-state index in [1.807, 2.05) is 13.8 Å². The number of benzene rings is 1. The van der Waals surface area contributed by atoms with Crippen molar-refractivity contribution >= 4 is 11.9 Å². The van der Waals surface area contributed by atoms with Crippen LogP contribution < -0.4 is 10.1 Å². The molecule has 3 aromatic rings. The van der Waals surface area contributed by atoms with Crippen LogP contribution in [0.15, 0.2) is 51.5 Å². The van der Waals surface area contributed by atoms with Crippen molar-refractivity contribution < 1.29 is 18.4 Å². The average molecular weight is 313 g/mol. The maximum Gasteiger partial charge on any atom is 0.322 e. The molecule has 0 unspecified atom stereocenters. The van der Waals surface area contributed by atoms with Gasteiger partial charge in [-0.2, -0.15) is 0 Å². The highest BCUT2D eigenvalue weighted by Crippen LogP contribution is 2.20. The maximum atomic E-state index is 12.1. The summed E-state index contributed by atoms with van der Waals surface area (Å²) in [5.41, 5.74) is 0.457. The van der Waals surface area contributed by atoms with Crippen molar-refractivity contribution in [1.82, 2.24) is 10.2 Å². The molecule has 7 nitrogen and oxygen atoms in total. The van der Waals surface area contributed by atoms with Gasteiger partial charge in [-0.15, -0.1) is 5.10 Å². The van der Waals surface area contributed by atoms with Gasteiger partial charge in [-0.25, -0.2) is 0 Å². The summed E-state index contributed by atoms with van der Waals surface area (Å²) in [5.74, 6) is 0.990. The number of rotatable bonds is 5. The zero-order valence-electron chi connectivity index (χ0n) is 12.6. The van der Waals surface area contributed by atoms with E-state index in [2.05, 4.69) is 15.5 Å². The third kappa shape index (κ3) is 3.57. The van der Waals surface area contributed by atoms with E-state index in [1.54, 1.807) is 36.4 Å². The van der Waals surface area contributed by atoms with Gasteiger partial charge in [0.1, 0.15) is 5.75 Å². The first kappa shape index (κ1) is 14.8. The van der Waals surface area contributed by atoms with Crippen LogP contribution in [-0.4, -0.2) is 22.2 Å². The molecule has 0 radical (unpaired) electrons. The van der Waals surface area contributed by atoms with E-state index in [9.17, 15) is 4.79 Å². The van der Waals surface area contributed by atoms with Gasteiger partial charge >= 0.3 is 6.01 Å². The number of nitrogens with zero attached hydrogens (tertiary/aromatic N) is 2. The fraction of sp³-hybridized carbons (Fsp3) is 0.188. The van der Waals surface area contributed by atoms with Crippen LogP contribution in [-0.2, 0) is 0 Å². The van der Waals surface area contributed by atoms with Gasteiger partial charge in [-0.3, -0.25) is 10.1 Å². The number of ether oxygens (including phenoxy) is 1. The molecule has 2 aromatic heterocycles. The summed E-state index contributed by atoms with van der Waals surface area (Å²) in [6.07, 6.45) is 1.58. The highest BCUT2D eigenvalue weighted by Gasteiger charge is 2.14. The van der Waals surface area contributed by atoms with Gasteiger partial charge in [0.25, 0.3) is 11.8 Å². The van der Waals surface area contributed by atoms with E-state index < -0.39 is 0 Å². The van der Waals surface area contributed by atoms with Crippen LogP contribution in [0.1, 0.15) is 24.2 Å². The summed E-state index contributed by atoms with van der Waals surface area (Å²) in [5, 5.41) is 10.1. The molecule has 0 aliphatic carbocycles. The Hall–Kier alpha value is -3.09. The molecule has 1 N–H and O–H groups in total. The summed E-state index contributed by atoms with van der Waals surface area (Å²) < 4.78 is 16.0. The van der Waals surface area contributed by atoms with E-state index in [0.717, 1.165) is 0 Å². The Morgan fingerprint density at radius 3 is 2.61 bits per heavy atom. The largest absolute Gasteiger partial charge is 0.491 e. The smallest absolute Gasteiger partial charge is 0.322 e. The Morgan fingerprint density at radius 1 is 1.17 bits per heavy atom. The average Bonchev–Trinajstić information content (AvgIpc) is 3.18. The van der Waals surface area contributed by atoms with Gasteiger partial charge in [0.15, 0.2) is 5.76 Å². The minimum atomic E-state index is -0.351. The molecule has 1 amide bonds. The fourth-order valence-corrected chi connectivity index (χ4v) is 1.90. The van der Waals surface area contributed by atoms with Crippen LogP contribution in [0.5, 0.6) is 5.75 Å². The first-order chi connectivity index (χ1) is 11.1. The molecule has 7 heteroatoms. The van der Waals surface area contributed by atoms with Crippen molar-refractivity contribution in [2.45, 2.75) is 20.0 Å². The number of hydrogen-bond donors (Lipinski definition) is 1. The molecule has 3 rings (SSSR count). The first-order valence-corrected chi connectivity index (χ1v) is 7.07. The molecule has 118 valence electrons. The molecule has 0 bridgehead atoms. The minimum Gasteiger partial charge on any atom is -0.491 e. The number of furan rings is 1. The van der Waals surface area contributed by atoms with Gasteiger partial charge in [0.2, 0.25) is 0 Å². The number of carbonyl (C=O) groups excluding carboxylic acids is 1. The molecule has 0 aliphatic heterocycles. The lowest BCUT2D eigenvalue weighted by molar-refractivity contribution is 0.102. The quantitative estimate of drug-likeness (QED) is 0.776. The normalized spacial score (nSPS) is 10.7. The number of nitrogens with one attached hydrogen (secondary N) is 1. The van der Waals surface area contributed by atoms with Gasteiger partial charge in [0.05, 0.1) is 12.4 Å². The summed E-state index contributed by atoms with van der Waals surface area (Å²) in [4.78, 5) is 12.1. The van der Waals surface area contributed by atoms with Crippen LogP contribution in [0.3, 0.4) is 0 Å². The van der Waals surface area contributed by atoms with Crippen LogP contribution >= 0.6 is 0 Å². The molecule has 0 spiro atoms. The van der Waals surface area contributed by atoms with E-state index in [0.29, 0.717) is 17.1 Å². The third-order valence-electron chi connectivity index (χ3n) is 2.87. The van der Waals surface area contributed by atoms with Crippen LogP contribution in [0.25, 0.3) is 11.7 Å². The lowest BCUT2D eigenvalue weighted by atomic mass is 10.2. The van der Waals surface area contributed by atoms with Crippen molar-refractivity contribution in [3.05, 3.63) is 48.2 Å². The van der Waals surface area contributed by atoms with E-state index in [4.69, 9.17) is 13.6 Å². The molecule has 23 heavy (non-hydrogen) atoms. The lowest BCUT2D eigenvalue weighted by Gasteiger charge is -2.09. The molecule has 0 saturated carbocycles. The SMILES string of the molecule is CC(C)Oc1ccc(C(=O)Nc2nnc(-c3ccco3)o2)cc1. The molecular weight excluding hydrogens is 298 g/mol. The fourth-order valence-electron chi connectivity index (χ4n) is 1.90. The monoisotopic (exact) mass is 313 g/mol. The molecule has 0 saturated heterocycles. The van der Waals surface area contributed by atoms with Crippen molar-refractivity contribution in [2.24, 2.45) is 0 Å². The van der Waals surface area contributed by atoms with Gasteiger partial charge < -0.3 is 13.6 Å². The predicted molar refractivity (Wildman–Crippen MR) is 82.2 cm³/mol. The van der Waals surface area contributed by atoms with Crippen molar-refractivity contribution in [2.75, 3.05) is 5.32 Å². The van der Waals surface area contributed by atoms with Crippen molar-refractivity contribution in [1.29, 1.82) is 0 Å². The molecule has 0 aliphatic rings. The number of amides is 1. The van der Waals surface area contributed by atoms with Crippen LogP contribution in [0.2, 0.25) is 0 Å². The molecule has 1 aromatic carbocycles. The van der Waals surface area contributed by atoms with E-state index in [-0.39, 0.29) is 23.9 Å². The van der Waals surface area contributed by atoms with Gasteiger partial charge in [-0.05, 0) is 50.2 Å². The molecular formula is C16H15N3O4.